The van der Waals surface area contributed by atoms with E-state index in [1.807, 2.05) is 0 Å². The van der Waals surface area contributed by atoms with Crippen LogP contribution >= 0.6 is 78.2 Å². The van der Waals surface area contributed by atoms with Crippen LogP contribution in [0, 0.1) is 30.3 Å². The number of carboxylic acids is 1. The number of benzene rings is 3. The van der Waals surface area contributed by atoms with Crippen LogP contribution in [-0.2, 0) is 107 Å². The van der Waals surface area contributed by atoms with Crippen molar-refractivity contribution >= 4 is 151 Å². The fourth-order valence-corrected chi connectivity index (χ4v) is 21.6. The number of carboxylic acid groups (broad SMARTS) is 1. The van der Waals surface area contributed by atoms with E-state index in [0.717, 1.165) is 42.5 Å². The molecule has 4 heterocycles. The predicted molar refractivity (Wildman–Crippen MR) is 307 cm³/mol. The molecule has 9 atom stereocenters. The van der Waals surface area contributed by atoms with Crippen LogP contribution in [0.2, 0.25) is 0 Å². The van der Waals surface area contributed by atoms with Gasteiger partial charge in [-0.3, -0.25) is 49.0 Å². The number of aromatic carboxylic acids is 1. The van der Waals surface area contributed by atoms with Crippen molar-refractivity contribution in [2.75, 3.05) is 26.3 Å². The molecular weight excluding hydrogens is 1510 g/mol. The maximum Gasteiger partial charge on any atom is 0.511 e. The third-order valence-electron chi connectivity index (χ3n) is 10.8. The summed E-state index contributed by atoms with van der Waals surface area (Å²) in [5, 5.41) is 64.4. The number of carbonyl (C=O) groups is 3. The minimum Gasteiger partial charge on any atom is -0.478 e. The van der Waals surface area contributed by atoms with E-state index in [9.17, 15) is 120 Å². The molecule has 8 bridgehead atoms. The summed E-state index contributed by atoms with van der Waals surface area (Å²) in [5.74, 6) is -3.08. The monoisotopic (exact) mass is 1560 g/mol. The molecule has 13 N–H and O–H groups in total. The normalized spacial score (nSPS) is 31.1. The molecule has 0 radical (unpaired) electrons. The highest BCUT2D eigenvalue weighted by atomic mass is 31.3. The molecule has 0 spiro atoms. The maximum absolute atomic E-state index is 13.1. The van der Waals surface area contributed by atoms with Gasteiger partial charge in [0.2, 0.25) is 0 Å². The fraction of sp³-hybridized carbons (Fsp3) is 0.364. The van der Waals surface area contributed by atoms with Crippen molar-refractivity contribution in [2.24, 2.45) is 0 Å². The smallest absolute Gasteiger partial charge is 0.478 e. The van der Waals surface area contributed by atoms with Gasteiger partial charge in [0.1, 0.15) is 0 Å². The lowest BCUT2D eigenvalue weighted by Gasteiger charge is -2.31. The number of carbonyl (C=O) groups excluding carboxylic acids is 2. The third kappa shape index (κ3) is 27.1. The Morgan fingerprint density at radius 1 is 0.505 bits per heavy atom. The number of non-ortho nitro benzene ring substituents is 3. The van der Waals surface area contributed by atoms with Crippen molar-refractivity contribution in [3.8, 4) is 0 Å². The number of fused-ring (bicyclic) bond motifs is 10. The first kappa shape index (κ1) is 81.5. The summed E-state index contributed by atoms with van der Waals surface area (Å²) >= 11 is 0. The van der Waals surface area contributed by atoms with E-state index in [-0.39, 0.29) is 42.5 Å². The Morgan fingerprint density at radius 2 is 0.884 bits per heavy atom. The van der Waals surface area contributed by atoms with Crippen LogP contribution in [0.25, 0.3) is 0 Å². The van der Waals surface area contributed by atoms with Crippen molar-refractivity contribution in [2.45, 2.75) is 51.4 Å². The zero-order valence-corrected chi connectivity index (χ0v) is 55.6. The molecule has 0 aliphatic carbocycles. The van der Waals surface area contributed by atoms with Crippen LogP contribution in [0.3, 0.4) is 0 Å². The summed E-state index contributed by atoms with van der Waals surface area (Å²) in [5.41, 5.74) is -4.70. The van der Waals surface area contributed by atoms with Crippen LogP contribution in [0.5, 0.6) is 0 Å². The molecule has 526 valence electrons. The molecule has 95 heavy (non-hydrogen) atoms. The summed E-state index contributed by atoms with van der Waals surface area (Å²) in [6, 6.07) is 7.37. The van der Waals surface area contributed by atoms with E-state index in [2.05, 4.69) is 58.6 Å². The van der Waals surface area contributed by atoms with Gasteiger partial charge in [0.15, 0.2) is 0 Å². The van der Waals surface area contributed by atoms with Crippen molar-refractivity contribution < 1.29 is 190 Å². The topological polar surface area (TPSA) is 727 Å². The number of phosphoric ester groups is 2. The minimum absolute atomic E-state index is 0.0648. The number of amides is 2. The van der Waals surface area contributed by atoms with Gasteiger partial charge < -0.3 is 82.7 Å². The molecule has 4 aliphatic rings. The molecule has 7 rings (SSSR count). The standard InChI is InChI=1S/2C13H20BN2O19P5.C7H6BNO6/c17-13-10-7-11(9-12(8-10)16(18)19)14-30-37(22,23)34-40(28,31-14)35-39(26,27)33-38(24,25)32-36(20,21)29-6-4-2-1-3-5-15-13;17-13-10-7-11(9-12(8-10)16(18)19)14-30-39(27,32-36(20,21)22)35-40(28,31-14)34-38(25,26)33-37(23,24)29-6-4-2-1-3-5-15-13;10-7(11)4-1-5(8(12)13)3-6(2-4)9(14)15/h7-9H,1-6H2,(H,15,17)(H,20,21)(H,22,23)(H,24,25)(H,26,27);7-9H,1-6H2,(H,15,17)(H,23,24)(H,25,26)(H2,20,21,22);1-3,12-13H,(H,10,11). The van der Waals surface area contributed by atoms with Gasteiger partial charge in [0.05, 0.1) is 33.5 Å². The zero-order valence-electron chi connectivity index (χ0n) is 46.6. The Kier molecular flexibility index (Phi) is 28.2. The number of nitro groups is 3. The lowest BCUT2D eigenvalue weighted by atomic mass is 9.79. The number of nitrogens with zero attached hydrogens (tertiary/aromatic N) is 3. The second kappa shape index (κ2) is 32.9. The van der Waals surface area contributed by atoms with E-state index >= 15 is 0 Å². The molecule has 3 aromatic rings. The summed E-state index contributed by atoms with van der Waals surface area (Å²) in [6.45, 7) is -0.823. The number of nitrogens with one attached hydrogen (secondary N) is 2. The van der Waals surface area contributed by atoms with Crippen molar-refractivity contribution in [3.63, 3.8) is 0 Å². The Morgan fingerprint density at radius 3 is 1.29 bits per heavy atom. The molecule has 0 aromatic heterocycles. The first-order valence-corrected chi connectivity index (χ1v) is 40.0. The average molecular weight is 1560 g/mol. The van der Waals surface area contributed by atoms with E-state index in [1.165, 1.54) is 0 Å². The Hall–Kier alpha value is -4.20. The number of hydrogen-bond acceptors (Lipinski definition) is 35. The summed E-state index contributed by atoms with van der Waals surface area (Å²) in [6.07, 6.45) is 2.70. The largest absolute Gasteiger partial charge is 0.511 e. The van der Waals surface area contributed by atoms with Gasteiger partial charge in [-0.15, -0.1) is 0 Å². The van der Waals surface area contributed by atoms with Crippen LogP contribution in [0.1, 0.15) is 82.4 Å². The van der Waals surface area contributed by atoms with Gasteiger partial charge in [-0.25, -0.2) is 50.4 Å². The second-order valence-electron chi connectivity index (χ2n) is 18.3. The Balaban J connectivity index is 0.000000283. The molecule has 2 saturated heterocycles. The van der Waals surface area contributed by atoms with E-state index in [0.29, 0.717) is 50.7 Å². The predicted octanol–water partition coefficient (Wildman–Crippen LogP) is 3.44. The molecule has 49 nitrogen and oxygen atoms in total. The van der Waals surface area contributed by atoms with Crippen LogP contribution in [0.4, 0.5) is 17.1 Å². The lowest BCUT2D eigenvalue weighted by Crippen LogP contribution is -2.39. The van der Waals surface area contributed by atoms with E-state index in [1.54, 1.807) is 0 Å². The first-order valence-electron chi connectivity index (χ1n) is 25.1. The molecule has 9 unspecified atom stereocenters. The fourth-order valence-electron chi connectivity index (χ4n) is 7.21. The number of rotatable bonds is 7. The van der Waals surface area contributed by atoms with Crippen molar-refractivity contribution in [1.29, 1.82) is 0 Å². The SMILES string of the molecule is O=C(O)c1cc(B(O)O)cc([N+](=O)[O-])c1.O=C1NCCCCCCOP(=O)(O)OP(=O)(O)OP(=O)(O)OP2(=O)OB(OP(=O)(O)O2)c2cc1cc([N+](=O)[O-])c2.O=C1NCCCCCCOP(=O)(O)OP(=O)(O)OP2(=O)OB(OP(=O)(OP(=O)(O)O)O2)c2cc1cc([N+](=O)[O-])c2. The number of hydrogen-bond donors (Lipinski definition) is 13. The highest BCUT2D eigenvalue weighted by Crippen LogP contribution is 2.80. The molecule has 2 fully saturated rings. The molecule has 4 aliphatic heterocycles. The van der Waals surface area contributed by atoms with Crippen molar-refractivity contribution in [1.82, 2.24) is 10.6 Å². The van der Waals surface area contributed by atoms with Crippen LogP contribution in [0.15, 0.2) is 54.6 Å². The van der Waals surface area contributed by atoms with Crippen LogP contribution < -0.4 is 27.0 Å². The van der Waals surface area contributed by atoms with Crippen molar-refractivity contribution in [3.05, 3.63) is 102 Å². The van der Waals surface area contributed by atoms with Gasteiger partial charge in [0, 0.05) is 60.6 Å². The van der Waals surface area contributed by atoms with Gasteiger partial charge in [0.25, 0.3) is 28.9 Å². The van der Waals surface area contributed by atoms with Gasteiger partial charge in [-0.2, -0.15) is 34.5 Å². The zero-order chi connectivity index (χ0) is 71.6. The number of phosphoric acid groups is 10. The van der Waals surface area contributed by atoms with Gasteiger partial charge in [-0.05, 0) is 60.3 Å². The Bertz CT molecular complexity index is 3900. The first-order chi connectivity index (χ1) is 43.5. The molecule has 0 saturated carbocycles. The van der Waals surface area contributed by atoms with Gasteiger partial charge in [-0.1, -0.05) is 25.7 Å². The highest BCUT2D eigenvalue weighted by Gasteiger charge is 2.59. The summed E-state index contributed by atoms with van der Waals surface area (Å²) in [7, 11) is -64.8. The Labute approximate surface area is 529 Å². The maximum atomic E-state index is 13.1. The van der Waals surface area contributed by atoms with Crippen LogP contribution in [-0.4, -0.2) is 135 Å². The molecule has 3 aromatic carbocycles. The number of nitro benzene ring substituents is 3. The van der Waals surface area contributed by atoms with E-state index < -0.39 is 179 Å². The highest BCUT2D eigenvalue weighted by molar-refractivity contribution is 7.74. The molecule has 2 amide bonds. The summed E-state index contributed by atoms with van der Waals surface area (Å²) < 4.78 is 183. The van der Waals surface area contributed by atoms with E-state index in [4.69, 9.17) is 38.3 Å². The lowest BCUT2D eigenvalue weighted by molar-refractivity contribution is -0.385. The van der Waals surface area contributed by atoms with Gasteiger partial charge >= 0.3 is 106 Å². The third-order valence-corrected chi connectivity index (χ3v) is 26.7. The minimum atomic E-state index is -6.19. The quantitative estimate of drug-likeness (QED) is 0.0697. The molecule has 62 heteroatoms. The second-order valence-corrected chi connectivity index (χ2v) is 34.2. The average Bonchev–Trinajstić information content (AvgIpc) is 0.819. The summed E-state index contributed by atoms with van der Waals surface area (Å²) in [4.78, 5) is 143. The molecular formula is C33H46B3N5O44P10.